The molecule has 0 spiro atoms. The molecule has 0 bridgehead atoms. The van der Waals surface area contributed by atoms with E-state index in [1.54, 1.807) is 21.9 Å². The molecule has 0 saturated carbocycles. The van der Waals surface area contributed by atoms with Gasteiger partial charge in [-0.15, -0.1) is 0 Å². The van der Waals surface area contributed by atoms with Gasteiger partial charge in [-0.05, 0) is 44.2 Å². The van der Waals surface area contributed by atoms with E-state index in [0.29, 0.717) is 44.9 Å². The summed E-state index contributed by atoms with van der Waals surface area (Å²) in [6.07, 6.45) is 9.85. The topological polar surface area (TPSA) is 74.1 Å². The third kappa shape index (κ3) is 4.54. The number of carbonyl (C=O) groups is 3. The first-order chi connectivity index (χ1) is 14.1. The van der Waals surface area contributed by atoms with Crippen molar-refractivity contribution in [3.05, 3.63) is 35.8 Å². The van der Waals surface area contributed by atoms with E-state index in [0.717, 1.165) is 25.8 Å². The molecule has 1 atom stereocenters. The van der Waals surface area contributed by atoms with Crippen molar-refractivity contribution < 1.29 is 18.8 Å². The number of hydrogen-bond acceptors (Lipinski definition) is 4. The molecule has 2 fully saturated rings. The molecule has 3 heterocycles. The van der Waals surface area contributed by atoms with Crippen molar-refractivity contribution in [2.24, 2.45) is 5.92 Å². The molecule has 2 saturated heterocycles. The number of carbonyl (C=O) groups excluding carboxylic acids is 3. The Labute approximate surface area is 171 Å². The fourth-order valence-electron chi connectivity index (χ4n) is 4.51. The summed E-state index contributed by atoms with van der Waals surface area (Å²) in [5.41, 5.74) is 1.45. The number of likely N-dealkylation sites (tertiary alicyclic amines) is 1. The van der Waals surface area contributed by atoms with Gasteiger partial charge >= 0.3 is 0 Å². The number of nitrogens with zero attached hydrogens (tertiary/aromatic N) is 3. The Morgan fingerprint density at radius 2 is 1.90 bits per heavy atom. The lowest BCUT2D eigenvalue weighted by Crippen LogP contribution is -2.52. The van der Waals surface area contributed by atoms with E-state index >= 15 is 0 Å². The van der Waals surface area contributed by atoms with E-state index in [1.165, 1.54) is 24.7 Å². The van der Waals surface area contributed by atoms with Crippen molar-refractivity contribution in [1.82, 2.24) is 14.7 Å². The monoisotopic (exact) mass is 399 g/mol. The molecule has 1 aliphatic carbocycles. The van der Waals surface area contributed by atoms with Crippen LogP contribution in [0.2, 0.25) is 0 Å². The number of furan rings is 1. The van der Waals surface area contributed by atoms with Crippen molar-refractivity contribution >= 4 is 17.7 Å². The summed E-state index contributed by atoms with van der Waals surface area (Å²) >= 11 is 0. The number of rotatable bonds is 5. The van der Waals surface area contributed by atoms with Crippen LogP contribution >= 0.6 is 0 Å². The SMILES string of the molecule is O=C1CC(C(=O)N2CCN(C(=O)c3ccco3)CC2)CN1CCC1=CCCCC1. The van der Waals surface area contributed by atoms with Gasteiger partial charge in [0.25, 0.3) is 5.91 Å². The van der Waals surface area contributed by atoms with Crippen LogP contribution in [0.3, 0.4) is 0 Å². The standard InChI is InChI=1S/C22H29N3O4/c26-20-15-18(16-25(20)9-8-17-5-2-1-3-6-17)21(27)23-10-12-24(13-11-23)22(28)19-7-4-14-29-19/h4-5,7,14,18H,1-3,6,8-13,15-16H2. The van der Waals surface area contributed by atoms with Crippen LogP contribution in [0.4, 0.5) is 0 Å². The molecule has 1 aromatic heterocycles. The largest absolute Gasteiger partial charge is 0.459 e. The Morgan fingerprint density at radius 3 is 2.59 bits per heavy atom. The lowest BCUT2D eigenvalue weighted by Gasteiger charge is -2.35. The van der Waals surface area contributed by atoms with Gasteiger partial charge in [-0.25, -0.2) is 0 Å². The molecular formula is C22H29N3O4. The van der Waals surface area contributed by atoms with Gasteiger partial charge in [-0.3, -0.25) is 14.4 Å². The zero-order chi connectivity index (χ0) is 20.2. The second-order valence-electron chi connectivity index (χ2n) is 8.19. The van der Waals surface area contributed by atoms with Crippen LogP contribution in [0.15, 0.2) is 34.5 Å². The number of hydrogen-bond donors (Lipinski definition) is 0. The van der Waals surface area contributed by atoms with Crippen LogP contribution in [0.25, 0.3) is 0 Å². The quantitative estimate of drug-likeness (QED) is 0.712. The third-order valence-electron chi connectivity index (χ3n) is 6.26. The highest BCUT2D eigenvalue weighted by Gasteiger charge is 2.37. The Morgan fingerprint density at radius 1 is 1.10 bits per heavy atom. The molecule has 156 valence electrons. The molecule has 2 aliphatic heterocycles. The lowest BCUT2D eigenvalue weighted by atomic mass is 9.97. The summed E-state index contributed by atoms with van der Waals surface area (Å²) < 4.78 is 5.18. The maximum Gasteiger partial charge on any atom is 0.289 e. The summed E-state index contributed by atoms with van der Waals surface area (Å²) in [5, 5.41) is 0. The highest BCUT2D eigenvalue weighted by Crippen LogP contribution is 2.24. The molecule has 3 amide bonds. The zero-order valence-electron chi connectivity index (χ0n) is 16.8. The van der Waals surface area contributed by atoms with Crippen LogP contribution in [-0.2, 0) is 9.59 Å². The minimum atomic E-state index is -0.254. The van der Waals surface area contributed by atoms with Gasteiger partial charge in [0.2, 0.25) is 11.8 Å². The number of piperazine rings is 1. The van der Waals surface area contributed by atoms with Gasteiger partial charge in [-0.2, -0.15) is 0 Å². The number of allylic oxidation sites excluding steroid dienone is 1. The molecule has 0 radical (unpaired) electrons. The molecular weight excluding hydrogens is 370 g/mol. The first-order valence-corrected chi connectivity index (χ1v) is 10.7. The van der Waals surface area contributed by atoms with Gasteiger partial charge < -0.3 is 19.1 Å². The van der Waals surface area contributed by atoms with Crippen molar-refractivity contribution in [2.45, 2.75) is 38.5 Å². The molecule has 3 aliphatic rings. The molecule has 0 aromatic carbocycles. The normalized spacial score (nSPS) is 22.8. The van der Waals surface area contributed by atoms with Gasteiger partial charge in [0.05, 0.1) is 12.2 Å². The van der Waals surface area contributed by atoms with Crippen LogP contribution in [-0.4, -0.2) is 71.7 Å². The fourth-order valence-corrected chi connectivity index (χ4v) is 4.51. The van der Waals surface area contributed by atoms with E-state index in [1.807, 2.05) is 4.90 Å². The Bertz CT molecular complexity index is 778. The smallest absolute Gasteiger partial charge is 0.289 e. The molecule has 7 nitrogen and oxygen atoms in total. The summed E-state index contributed by atoms with van der Waals surface area (Å²) in [7, 11) is 0. The van der Waals surface area contributed by atoms with E-state index in [9.17, 15) is 14.4 Å². The second-order valence-corrected chi connectivity index (χ2v) is 8.19. The molecule has 0 N–H and O–H groups in total. The van der Waals surface area contributed by atoms with Crippen molar-refractivity contribution in [3.8, 4) is 0 Å². The summed E-state index contributed by atoms with van der Waals surface area (Å²) in [6, 6.07) is 3.35. The predicted molar refractivity (Wildman–Crippen MR) is 107 cm³/mol. The average Bonchev–Trinajstić information content (AvgIpc) is 3.42. The third-order valence-corrected chi connectivity index (χ3v) is 6.26. The van der Waals surface area contributed by atoms with Gasteiger partial charge in [0, 0.05) is 45.7 Å². The minimum Gasteiger partial charge on any atom is -0.459 e. The minimum absolute atomic E-state index is 0.0443. The zero-order valence-corrected chi connectivity index (χ0v) is 16.8. The predicted octanol–water partition coefficient (Wildman–Crippen LogP) is 2.30. The summed E-state index contributed by atoms with van der Waals surface area (Å²) in [5.74, 6) is 0.0700. The van der Waals surface area contributed by atoms with Gasteiger partial charge in [0.1, 0.15) is 0 Å². The van der Waals surface area contributed by atoms with Gasteiger partial charge in [-0.1, -0.05) is 11.6 Å². The van der Waals surface area contributed by atoms with E-state index in [4.69, 9.17) is 4.42 Å². The second kappa shape index (κ2) is 8.84. The Balaban J connectivity index is 1.25. The highest BCUT2D eigenvalue weighted by molar-refractivity contribution is 5.92. The molecule has 1 unspecified atom stereocenters. The number of amides is 3. The lowest BCUT2D eigenvalue weighted by molar-refractivity contribution is -0.137. The first kappa shape index (κ1) is 19.7. The maximum absolute atomic E-state index is 12.9. The Hall–Kier alpha value is -2.57. The van der Waals surface area contributed by atoms with Crippen LogP contribution in [0.1, 0.15) is 49.1 Å². The van der Waals surface area contributed by atoms with Crippen LogP contribution in [0, 0.1) is 5.92 Å². The van der Waals surface area contributed by atoms with Crippen molar-refractivity contribution in [1.29, 1.82) is 0 Å². The maximum atomic E-state index is 12.9. The summed E-state index contributed by atoms with van der Waals surface area (Å²) in [4.78, 5) is 43.0. The van der Waals surface area contributed by atoms with E-state index in [2.05, 4.69) is 6.08 Å². The first-order valence-electron chi connectivity index (χ1n) is 10.7. The van der Waals surface area contributed by atoms with Crippen molar-refractivity contribution in [2.75, 3.05) is 39.3 Å². The highest BCUT2D eigenvalue weighted by atomic mass is 16.3. The summed E-state index contributed by atoms with van der Waals surface area (Å²) in [6.45, 7) is 3.23. The molecule has 4 rings (SSSR count). The van der Waals surface area contributed by atoms with Crippen molar-refractivity contribution in [3.63, 3.8) is 0 Å². The molecule has 29 heavy (non-hydrogen) atoms. The molecule has 7 heteroatoms. The molecule has 1 aromatic rings. The Kier molecular flexibility index (Phi) is 6.02. The van der Waals surface area contributed by atoms with Gasteiger partial charge in [0.15, 0.2) is 5.76 Å². The van der Waals surface area contributed by atoms with Crippen LogP contribution < -0.4 is 0 Å². The van der Waals surface area contributed by atoms with E-state index in [-0.39, 0.29) is 23.6 Å². The fraction of sp³-hybridized carbons (Fsp3) is 0.591. The average molecular weight is 399 g/mol. The van der Waals surface area contributed by atoms with Crippen LogP contribution in [0.5, 0.6) is 0 Å². The van der Waals surface area contributed by atoms with E-state index < -0.39 is 0 Å².